The average Bonchev–Trinajstić information content (AvgIpc) is 2.69. The van der Waals surface area contributed by atoms with E-state index in [9.17, 15) is 9.59 Å². The molecule has 0 aliphatic carbocycles. The summed E-state index contributed by atoms with van der Waals surface area (Å²) >= 11 is 6.09. The maximum Gasteiger partial charge on any atom is 0.253 e. The molecular formula is C21H33ClN4O2. The molecule has 1 heterocycles. The summed E-state index contributed by atoms with van der Waals surface area (Å²) in [6, 6.07) is 6.27. The number of nitrogens with zero attached hydrogens (tertiary/aromatic N) is 2. The van der Waals surface area contributed by atoms with Crippen LogP contribution < -0.4 is 10.6 Å². The summed E-state index contributed by atoms with van der Waals surface area (Å²) in [7, 11) is 0. The summed E-state index contributed by atoms with van der Waals surface area (Å²) < 4.78 is 0. The summed E-state index contributed by atoms with van der Waals surface area (Å²) in [5.74, 6) is -0.493. The number of hydrogen-bond acceptors (Lipinski definition) is 4. The Kier molecular flexibility index (Phi) is 9.22. The van der Waals surface area contributed by atoms with Gasteiger partial charge in [0.2, 0.25) is 5.91 Å². The van der Waals surface area contributed by atoms with Gasteiger partial charge in [-0.2, -0.15) is 0 Å². The lowest BCUT2D eigenvalue weighted by atomic mass is 10.0. The third-order valence-electron chi connectivity index (χ3n) is 5.22. The number of halogens is 1. The van der Waals surface area contributed by atoms with E-state index in [1.54, 1.807) is 24.3 Å². The average molecular weight is 409 g/mol. The number of nitrogens with one attached hydrogen (secondary N) is 2. The quantitative estimate of drug-likeness (QED) is 0.615. The monoisotopic (exact) mass is 408 g/mol. The molecule has 156 valence electrons. The molecule has 0 bridgehead atoms. The normalized spacial score (nSPS) is 16.8. The predicted octanol–water partition coefficient (Wildman–Crippen LogP) is 2.24. The Balaban J connectivity index is 1.76. The maximum atomic E-state index is 12.6. The molecule has 6 nitrogen and oxygen atoms in total. The molecule has 0 spiro atoms. The minimum atomic E-state index is -0.586. The first-order chi connectivity index (χ1) is 13.4. The van der Waals surface area contributed by atoms with Crippen LogP contribution in [-0.2, 0) is 4.79 Å². The van der Waals surface area contributed by atoms with Crippen LogP contribution in [0.3, 0.4) is 0 Å². The Morgan fingerprint density at radius 2 is 1.75 bits per heavy atom. The lowest BCUT2D eigenvalue weighted by molar-refractivity contribution is -0.123. The van der Waals surface area contributed by atoms with Gasteiger partial charge < -0.3 is 20.4 Å². The number of benzene rings is 1. The first kappa shape index (κ1) is 22.7. The topological polar surface area (TPSA) is 64.7 Å². The van der Waals surface area contributed by atoms with E-state index < -0.39 is 6.04 Å². The van der Waals surface area contributed by atoms with Crippen LogP contribution in [0.1, 0.15) is 37.6 Å². The highest BCUT2D eigenvalue weighted by Gasteiger charge is 2.25. The van der Waals surface area contributed by atoms with E-state index >= 15 is 0 Å². The van der Waals surface area contributed by atoms with E-state index in [2.05, 4.69) is 27.4 Å². The third kappa shape index (κ3) is 6.76. The van der Waals surface area contributed by atoms with Crippen LogP contribution in [0.25, 0.3) is 0 Å². The third-order valence-corrected chi connectivity index (χ3v) is 5.55. The minimum absolute atomic E-state index is 0.0199. The van der Waals surface area contributed by atoms with Crippen LogP contribution >= 0.6 is 11.6 Å². The van der Waals surface area contributed by atoms with Crippen LogP contribution in [0.4, 0.5) is 0 Å². The fourth-order valence-electron chi connectivity index (χ4n) is 3.35. The maximum absolute atomic E-state index is 12.6. The molecular weight excluding hydrogens is 376 g/mol. The number of amides is 2. The fraction of sp³-hybridized carbons (Fsp3) is 0.619. The molecule has 1 aromatic carbocycles. The molecule has 1 aliphatic rings. The number of likely N-dealkylation sites (N-methyl/N-ethyl adjacent to an activating group) is 1. The minimum Gasteiger partial charge on any atom is -0.354 e. The number of carbonyl (C=O) groups excluding carboxylic acids is 2. The lowest BCUT2D eigenvalue weighted by Gasteiger charge is -2.34. The van der Waals surface area contributed by atoms with Crippen molar-refractivity contribution in [3.63, 3.8) is 0 Å². The van der Waals surface area contributed by atoms with Crippen molar-refractivity contribution in [1.82, 2.24) is 20.4 Å². The van der Waals surface area contributed by atoms with Crippen LogP contribution in [0, 0.1) is 5.92 Å². The molecule has 1 saturated heterocycles. The molecule has 0 saturated carbocycles. The van der Waals surface area contributed by atoms with E-state index in [0.717, 1.165) is 45.7 Å². The Hall–Kier alpha value is -1.63. The fourth-order valence-corrected chi connectivity index (χ4v) is 3.57. The Morgan fingerprint density at radius 3 is 2.36 bits per heavy atom. The Labute approximate surface area is 173 Å². The van der Waals surface area contributed by atoms with Crippen molar-refractivity contribution in [3.8, 4) is 0 Å². The van der Waals surface area contributed by atoms with Crippen molar-refractivity contribution in [1.29, 1.82) is 0 Å². The zero-order valence-electron chi connectivity index (χ0n) is 17.2. The number of carbonyl (C=O) groups is 2. The molecule has 0 aromatic heterocycles. The first-order valence-corrected chi connectivity index (χ1v) is 10.6. The summed E-state index contributed by atoms with van der Waals surface area (Å²) in [5.41, 5.74) is 0.383. The highest BCUT2D eigenvalue weighted by molar-refractivity contribution is 6.33. The van der Waals surface area contributed by atoms with Crippen LogP contribution in [0.15, 0.2) is 24.3 Å². The van der Waals surface area contributed by atoms with Gasteiger partial charge in [0.05, 0.1) is 10.6 Å². The second-order valence-corrected chi connectivity index (χ2v) is 8.00. The molecule has 2 N–H and O–H groups in total. The second-order valence-electron chi connectivity index (χ2n) is 7.60. The highest BCUT2D eigenvalue weighted by Crippen LogP contribution is 2.15. The van der Waals surface area contributed by atoms with E-state index in [1.165, 1.54) is 0 Å². The van der Waals surface area contributed by atoms with E-state index in [-0.39, 0.29) is 17.7 Å². The van der Waals surface area contributed by atoms with E-state index in [4.69, 9.17) is 11.6 Å². The van der Waals surface area contributed by atoms with Gasteiger partial charge in [0.15, 0.2) is 0 Å². The zero-order chi connectivity index (χ0) is 20.5. The summed E-state index contributed by atoms with van der Waals surface area (Å²) in [5, 5.41) is 6.18. The van der Waals surface area contributed by atoms with Crippen molar-refractivity contribution >= 4 is 23.4 Å². The molecule has 1 atom stereocenters. The van der Waals surface area contributed by atoms with Gasteiger partial charge in [0, 0.05) is 32.7 Å². The number of rotatable bonds is 9. The number of hydrogen-bond donors (Lipinski definition) is 2. The van der Waals surface area contributed by atoms with Crippen LogP contribution in [-0.4, -0.2) is 73.5 Å². The summed E-state index contributed by atoms with van der Waals surface area (Å²) in [4.78, 5) is 30.0. The van der Waals surface area contributed by atoms with Gasteiger partial charge in [-0.25, -0.2) is 0 Å². The van der Waals surface area contributed by atoms with Gasteiger partial charge in [-0.15, -0.1) is 0 Å². The standard InChI is InChI=1S/C21H33ClN4O2/c1-4-25-12-14-26(15-13-25)11-7-10-23-21(28)19(16(2)3)24-20(27)17-8-5-6-9-18(17)22/h5-6,8-9,16,19H,4,7,10-15H2,1-3H3,(H,23,28)(H,24,27). The smallest absolute Gasteiger partial charge is 0.253 e. The molecule has 1 aromatic rings. The van der Waals surface area contributed by atoms with Crippen LogP contribution in [0.5, 0.6) is 0 Å². The zero-order valence-corrected chi connectivity index (χ0v) is 18.0. The van der Waals surface area contributed by atoms with Gasteiger partial charge >= 0.3 is 0 Å². The first-order valence-electron chi connectivity index (χ1n) is 10.2. The van der Waals surface area contributed by atoms with Gasteiger partial charge in [-0.05, 0) is 37.6 Å². The molecule has 2 amide bonds. The molecule has 2 rings (SSSR count). The van der Waals surface area contributed by atoms with Crippen molar-refractivity contribution in [2.75, 3.05) is 45.8 Å². The van der Waals surface area contributed by atoms with Crippen molar-refractivity contribution in [2.24, 2.45) is 5.92 Å². The molecule has 7 heteroatoms. The van der Waals surface area contributed by atoms with Crippen molar-refractivity contribution < 1.29 is 9.59 Å². The SMILES string of the molecule is CCN1CCN(CCCNC(=O)C(NC(=O)c2ccccc2Cl)C(C)C)CC1. The van der Waals surface area contributed by atoms with Gasteiger partial charge in [-0.1, -0.05) is 44.5 Å². The number of piperazine rings is 1. The molecule has 1 aliphatic heterocycles. The predicted molar refractivity (Wildman–Crippen MR) is 114 cm³/mol. The Morgan fingerprint density at radius 1 is 1.11 bits per heavy atom. The van der Waals surface area contributed by atoms with Gasteiger partial charge in [-0.3, -0.25) is 9.59 Å². The molecule has 1 fully saturated rings. The van der Waals surface area contributed by atoms with E-state index in [0.29, 0.717) is 17.1 Å². The summed E-state index contributed by atoms with van der Waals surface area (Å²) in [6.07, 6.45) is 0.904. The molecule has 0 radical (unpaired) electrons. The van der Waals surface area contributed by atoms with Gasteiger partial charge in [0.1, 0.15) is 6.04 Å². The molecule has 28 heavy (non-hydrogen) atoms. The summed E-state index contributed by atoms with van der Waals surface area (Å²) in [6.45, 7) is 13.2. The highest BCUT2D eigenvalue weighted by atomic mass is 35.5. The van der Waals surface area contributed by atoms with Crippen LogP contribution in [0.2, 0.25) is 5.02 Å². The molecule has 1 unspecified atom stereocenters. The van der Waals surface area contributed by atoms with Gasteiger partial charge in [0.25, 0.3) is 5.91 Å². The Bertz CT molecular complexity index is 645. The van der Waals surface area contributed by atoms with Crippen molar-refractivity contribution in [3.05, 3.63) is 34.9 Å². The lowest BCUT2D eigenvalue weighted by Crippen LogP contribution is -2.50. The van der Waals surface area contributed by atoms with E-state index in [1.807, 2.05) is 13.8 Å². The second kappa shape index (κ2) is 11.4. The van der Waals surface area contributed by atoms with Crippen molar-refractivity contribution in [2.45, 2.75) is 33.2 Å². The largest absolute Gasteiger partial charge is 0.354 e.